The molecule has 2 aliphatic heterocycles. The number of benzene rings is 3. The van der Waals surface area contributed by atoms with Crippen LogP contribution in [0.5, 0.6) is 0 Å². The summed E-state index contributed by atoms with van der Waals surface area (Å²) in [5.41, 5.74) is 6.60. The fourth-order valence-corrected chi connectivity index (χ4v) is 11.1. The lowest BCUT2D eigenvalue weighted by atomic mass is 10.0. The highest BCUT2D eigenvalue weighted by molar-refractivity contribution is 5.73. The molecular formula is C62H104N6O4. The summed E-state index contributed by atoms with van der Waals surface area (Å²) in [4.78, 5) is 15.0. The molecule has 0 radical (unpaired) electrons. The molecule has 3 aromatic carbocycles. The second kappa shape index (κ2) is 30.5. The van der Waals surface area contributed by atoms with Crippen molar-refractivity contribution < 1.29 is 18.9 Å². The van der Waals surface area contributed by atoms with E-state index in [4.69, 9.17) is 18.9 Å². The van der Waals surface area contributed by atoms with E-state index in [0.29, 0.717) is 50.1 Å². The Hall–Kier alpha value is -3.06. The van der Waals surface area contributed by atoms with Crippen LogP contribution in [-0.4, -0.2) is 169 Å². The van der Waals surface area contributed by atoms with E-state index in [1.165, 1.54) is 28.1 Å². The molecule has 10 heteroatoms. The van der Waals surface area contributed by atoms with Gasteiger partial charge < -0.3 is 28.7 Å². The molecule has 8 atom stereocenters. The van der Waals surface area contributed by atoms with Crippen molar-refractivity contribution in [1.29, 1.82) is 0 Å². The Balaban J connectivity index is 1.40. The van der Waals surface area contributed by atoms with Gasteiger partial charge in [0.1, 0.15) is 0 Å². The summed E-state index contributed by atoms with van der Waals surface area (Å²) in [5.74, 6) is 2.17. The van der Waals surface area contributed by atoms with Crippen LogP contribution in [0.25, 0.3) is 0 Å². The molecule has 72 heavy (non-hydrogen) atoms. The van der Waals surface area contributed by atoms with Gasteiger partial charge in [0, 0.05) is 77.0 Å². The lowest BCUT2D eigenvalue weighted by Crippen LogP contribution is -2.47. The Morgan fingerprint density at radius 2 is 0.778 bits per heavy atom. The Bertz CT molecular complexity index is 1900. The molecule has 0 spiro atoms. The van der Waals surface area contributed by atoms with Crippen molar-refractivity contribution in [3.8, 4) is 0 Å². The van der Waals surface area contributed by atoms with Crippen LogP contribution in [-0.2, 0) is 38.3 Å². The minimum absolute atomic E-state index is 0.0145. The summed E-state index contributed by atoms with van der Waals surface area (Å²) in [6, 6.07) is 30.2. The summed E-state index contributed by atoms with van der Waals surface area (Å²) in [6.07, 6.45) is 6.20. The highest BCUT2D eigenvalue weighted by Crippen LogP contribution is 2.33. The lowest BCUT2D eigenvalue weighted by Gasteiger charge is -2.37. The molecule has 0 aliphatic carbocycles. The molecule has 2 aliphatic rings. The number of ether oxygens (including phenoxy) is 4. The third-order valence-electron chi connectivity index (χ3n) is 15.2. The Morgan fingerprint density at radius 1 is 0.417 bits per heavy atom. The van der Waals surface area contributed by atoms with Crippen molar-refractivity contribution in [1.82, 2.24) is 19.6 Å². The SMILES string of the molecule is CC(C)C[C@H]1CO[C@H](C)CN(C)[C@@H](CC(C)C)CO[C@H](Cc2ccccc2)CN(C)[C@@H](CC(C)C)CO[C@H](C)CN(C)[C@@H](CC(C)C)CO[C@H](Cc2ccc(CN3CCN(C)c4ccccc43)cc2)CN1C. The van der Waals surface area contributed by atoms with Crippen molar-refractivity contribution in [2.24, 2.45) is 23.7 Å². The summed E-state index contributed by atoms with van der Waals surface area (Å²) >= 11 is 0. The van der Waals surface area contributed by atoms with E-state index in [1.54, 1.807) is 0 Å². The minimum Gasteiger partial charge on any atom is -0.376 e. The molecule has 2 heterocycles. The van der Waals surface area contributed by atoms with Gasteiger partial charge in [-0.05, 0) is 133 Å². The van der Waals surface area contributed by atoms with Gasteiger partial charge in [0.25, 0.3) is 0 Å². The summed E-state index contributed by atoms with van der Waals surface area (Å²) < 4.78 is 28.1. The number of nitrogens with zero attached hydrogens (tertiary/aromatic N) is 6. The smallest absolute Gasteiger partial charge is 0.0743 e. The molecule has 1 fully saturated rings. The van der Waals surface area contributed by atoms with Crippen molar-refractivity contribution in [3.05, 3.63) is 95.6 Å². The van der Waals surface area contributed by atoms with E-state index < -0.39 is 0 Å². The first kappa shape index (κ1) is 59.8. The molecule has 0 unspecified atom stereocenters. The lowest BCUT2D eigenvalue weighted by molar-refractivity contribution is -0.0536. The topological polar surface area (TPSA) is 56.4 Å². The molecule has 0 bridgehead atoms. The van der Waals surface area contributed by atoms with Gasteiger partial charge in [0.15, 0.2) is 0 Å². The van der Waals surface area contributed by atoms with Gasteiger partial charge in [-0.2, -0.15) is 0 Å². The standard InChI is InChI=1S/C62H104N6O4/c1-46(2)31-55-42-69-51(10)38-65(13)58(34-49(7)8)45-72-60(36-53-25-27-54(28-26-53)39-68-30-29-63(11)61-23-19-20-24-62(61)68)41-67(15)56(32-47(3)4)43-70-50(9)37-64(12)57(33-48(5)6)44-71-59(40-66(55)14)35-52-21-17-16-18-22-52/h16-28,46-51,55-60H,29-45H2,1-15H3/t50-,51-,55+,56+,57+,58+,59-,60-/m1/s1. The molecule has 0 N–H and O–H groups in total. The van der Waals surface area contributed by atoms with Crippen LogP contribution in [0.3, 0.4) is 0 Å². The van der Waals surface area contributed by atoms with Crippen molar-refractivity contribution in [2.75, 3.05) is 111 Å². The quantitative estimate of drug-likeness (QED) is 0.156. The monoisotopic (exact) mass is 997 g/mol. The number of fused-ring (bicyclic) bond motifs is 1. The summed E-state index contributed by atoms with van der Waals surface area (Å²) in [6.45, 7) is 32.3. The highest BCUT2D eigenvalue weighted by Gasteiger charge is 2.29. The van der Waals surface area contributed by atoms with Crippen LogP contribution < -0.4 is 9.80 Å². The number of likely N-dealkylation sites (N-methyl/N-ethyl adjacent to an activating group) is 5. The van der Waals surface area contributed by atoms with Gasteiger partial charge >= 0.3 is 0 Å². The molecular weight excluding hydrogens is 893 g/mol. The van der Waals surface area contributed by atoms with Crippen molar-refractivity contribution in [3.63, 3.8) is 0 Å². The number of para-hydroxylation sites is 2. The third-order valence-corrected chi connectivity index (χ3v) is 15.2. The van der Waals surface area contributed by atoms with E-state index in [-0.39, 0.29) is 48.6 Å². The van der Waals surface area contributed by atoms with Crippen LogP contribution in [0.15, 0.2) is 78.9 Å². The average Bonchev–Trinajstić information content (AvgIpc) is 3.32. The number of anilines is 2. The van der Waals surface area contributed by atoms with Gasteiger partial charge in [-0.25, -0.2) is 0 Å². The first-order valence-corrected chi connectivity index (χ1v) is 28.3. The Morgan fingerprint density at radius 3 is 1.21 bits per heavy atom. The zero-order chi connectivity index (χ0) is 52.3. The predicted octanol–water partition coefficient (Wildman–Crippen LogP) is 10.9. The highest BCUT2D eigenvalue weighted by atomic mass is 16.5. The fourth-order valence-electron chi connectivity index (χ4n) is 11.1. The molecule has 0 saturated carbocycles. The molecule has 3 aromatic rings. The maximum absolute atomic E-state index is 7.23. The first-order chi connectivity index (χ1) is 34.3. The Labute approximate surface area is 441 Å². The third kappa shape index (κ3) is 20.6. The average molecular weight is 998 g/mol. The molecule has 406 valence electrons. The Kier molecular flexibility index (Phi) is 25.3. The van der Waals surface area contributed by atoms with Gasteiger partial charge in [-0.15, -0.1) is 0 Å². The molecule has 10 nitrogen and oxygen atoms in total. The maximum atomic E-state index is 7.23. The molecule has 0 amide bonds. The number of hydrogen-bond acceptors (Lipinski definition) is 10. The van der Waals surface area contributed by atoms with Crippen LogP contribution in [0, 0.1) is 23.7 Å². The van der Waals surface area contributed by atoms with Crippen LogP contribution in [0.1, 0.15) is 112 Å². The van der Waals surface area contributed by atoms with Gasteiger partial charge in [-0.1, -0.05) is 122 Å². The summed E-state index contributed by atoms with van der Waals surface area (Å²) in [5, 5.41) is 0. The molecule has 0 aromatic heterocycles. The van der Waals surface area contributed by atoms with E-state index in [9.17, 15) is 0 Å². The first-order valence-electron chi connectivity index (χ1n) is 28.3. The van der Waals surface area contributed by atoms with E-state index in [0.717, 1.165) is 84.3 Å². The van der Waals surface area contributed by atoms with Gasteiger partial charge in [0.2, 0.25) is 0 Å². The predicted molar refractivity (Wildman–Crippen MR) is 305 cm³/mol. The van der Waals surface area contributed by atoms with Crippen LogP contribution >= 0.6 is 0 Å². The van der Waals surface area contributed by atoms with Gasteiger partial charge in [-0.3, -0.25) is 19.6 Å². The van der Waals surface area contributed by atoms with Gasteiger partial charge in [0.05, 0.1) is 62.2 Å². The zero-order valence-corrected chi connectivity index (χ0v) is 48.3. The normalized spacial score (nSPS) is 26.7. The van der Waals surface area contributed by atoms with Crippen molar-refractivity contribution >= 4 is 11.4 Å². The van der Waals surface area contributed by atoms with E-state index >= 15 is 0 Å². The van der Waals surface area contributed by atoms with E-state index in [2.05, 4.69) is 213 Å². The number of hydrogen-bond donors (Lipinski definition) is 0. The summed E-state index contributed by atoms with van der Waals surface area (Å²) in [7, 11) is 11.3. The molecule has 5 rings (SSSR count). The largest absolute Gasteiger partial charge is 0.376 e. The fraction of sp³-hybridized carbons (Fsp3) is 0.710. The zero-order valence-electron chi connectivity index (χ0n) is 48.3. The second-order valence-electron chi connectivity index (χ2n) is 24.1. The van der Waals surface area contributed by atoms with Crippen LogP contribution in [0.4, 0.5) is 11.4 Å². The number of rotatable bonds is 14. The van der Waals surface area contributed by atoms with Crippen LogP contribution in [0.2, 0.25) is 0 Å². The van der Waals surface area contributed by atoms with E-state index in [1.807, 2.05) is 0 Å². The minimum atomic E-state index is 0.0145. The molecule has 1 saturated heterocycles. The maximum Gasteiger partial charge on any atom is 0.0743 e. The second-order valence-corrected chi connectivity index (χ2v) is 24.1. The van der Waals surface area contributed by atoms with Crippen molar-refractivity contribution in [2.45, 2.75) is 163 Å².